The minimum Gasteiger partial charge on any atom is -0.497 e. The Bertz CT molecular complexity index is 858. The van der Waals surface area contributed by atoms with E-state index in [4.69, 9.17) is 9.47 Å². The molecule has 0 radical (unpaired) electrons. The van der Waals surface area contributed by atoms with E-state index in [0.29, 0.717) is 50.5 Å². The van der Waals surface area contributed by atoms with Crippen LogP contribution in [0.1, 0.15) is 19.3 Å². The van der Waals surface area contributed by atoms with E-state index in [-0.39, 0.29) is 22.6 Å². The van der Waals surface area contributed by atoms with Crippen LogP contribution in [0.4, 0.5) is 0 Å². The first-order chi connectivity index (χ1) is 14.3. The molecule has 2 atom stereocenters. The molecule has 168 valence electrons. The molecule has 1 amide bonds. The van der Waals surface area contributed by atoms with Crippen LogP contribution in [0.15, 0.2) is 23.1 Å². The topological polar surface area (TPSA) is 79.4 Å². The molecule has 2 aliphatic heterocycles. The number of likely N-dealkylation sites (N-methyl/N-ethyl adjacent to an activating group) is 1. The smallest absolute Gasteiger partial charge is 0.246 e. The molecule has 0 bridgehead atoms. The number of benzene rings is 1. The molecule has 0 aromatic heterocycles. The van der Waals surface area contributed by atoms with E-state index in [1.807, 2.05) is 19.0 Å². The third-order valence-electron chi connectivity index (χ3n) is 6.22. The molecule has 1 aromatic carbocycles. The van der Waals surface area contributed by atoms with Crippen LogP contribution in [0.25, 0.3) is 0 Å². The molecule has 0 unspecified atom stereocenters. The molecule has 0 aliphatic carbocycles. The number of amides is 1. The lowest BCUT2D eigenvalue weighted by atomic mass is 9.83. The summed E-state index contributed by atoms with van der Waals surface area (Å²) in [5, 5.41) is 0. The number of rotatable bonds is 7. The Morgan fingerprint density at radius 1 is 1.10 bits per heavy atom. The van der Waals surface area contributed by atoms with E-state index < -0.39 is 10.0 Å². The molecule has 2 fully saturated rings. The summed E-state index contributed by atoms with van der Waals surface area (Å²) in [7, 11) is 3.24. The fourth-order valence-corrected chi connectivity index (χ4v) is 6.03. The molecule has 0 saturated carbocycles. The van der Waals surface area contributed by atoms with Gasteiger partial charge in [-0.1, -0.05) is 0 Å². The summed E-state index contributed by atoms with van der Waals surface area (Å²) in [5.74, 6) is 1.39. The first-order valence-electron chi connectivity index (χ1n) is 10.4. The van der Waals surface area contributed by atoms with Crippen molar-refractivity contribution in [3.63, 3.8) is 0 Å². The molecule has 30 heavy (non-hydrogen) atoms. The van der Waals surface area contributed by atoms with Gasteiger partial charge in [0.25, 0.3) is 0 Å². The lowest BCUT2D eigenvalue weighted by molar-refractivity contribution is -0.131. The standard InChI is InChI=1S/C21H33N3O5S/c1-22(2)11-12-23-9-7-17-15-24(10-8-16(17)13-21(23)25)30(26,27)20-14-18(28-3)5-6-19(20)29-4/h5-6,14,16-17H,7-13,15H2,1-4H3/t16-,17-/m0/s1. The number of nitrogens with zero attached hydrogens (tertiary/aromatic N) is 3. The van der Waals surface area contributed by atoms with Crippen LogP contribution < -0.4 is 9.47 Å². The van der Waals surface area contributed by atoms with Crippen molar-refractivity contribution in [2.45, 2.75) is 24.2 Å². The molecule has 2 saturated heterocycles. The second kappa shape index (κ2) is 9.53. The van der Waals surface area contributed by atoms with E-state index >= 15 is 0 Å². The fourth-order valence-electron chi connectivity index (χ4n) is 4.34. The largest absolute Gasteiger partial charge is 0.497 e. The first kappa shape index (κ1) is 22.8. The summed E-state index contributed by atoms with van der Waals surface area (Å²) in [6.07, 6.45) is 2.03. The number of hydrogen-bond acceptors (Lipinski definition) is 6. The zero-order chi connectivity index (χ0) is 21.9. The predicted molar refractivity (Wildman–Crippen MR) is 114 cm³/mol. The maximum Gasteiger partial charge on any atom is 0.246 e. The number of methoxy groups -OCH3 is 2. The highest BCUT2D eigenvalue weighted by molar-refractivity contribution is 7.89. The summed E-state index contributed by atoms with van der Waals surface area (Å²) in [6, 6.07) is 4.81. The minimum atomic E-state index is -3.73. The van der Waals surface area contributed by atoms with E-state index in [9.17, 15) is 13.2 Å². The van der Waals surface area contributed by atoms with Crippen molar-refractivity contribution >= 4 is 15.9 Å². The zero-order valence-corrected chi connectivity index (χ0v) is 19.2. The Morgan fingerprint density at radius 3 is 2.50 bits per heavy atom. The number of likely N-dealkylation sites (tertiary alicyclic amines) is 1. The number of carbonyl (C=O) groups is 1. The third kappa shape index (κ3) is 4.90. The SMILES string of the molecule is COc1ccc(OC)c(S(=O)(=O)N2CC[C@H]3CC(=O)N(CCN(C)C)CC[C@H]3C2)c1. The van der Waals surface area contributed by atoms with Gasteiger partial charge < -0.3 is 19.3 Å². The van der Waals surface area contributed by atoms with Crippen LogP contribution in [0, 0.1) is 11.8 Å². The van der Waals surface area contributed by atoms with Gasteiger partial charge in [-0.15, -0.1) is 0 Å². The molecule has 3 rings (SSSR count). The molecule has 0 spiro atoms. The van der Waals surface area contributed by atoms with Gasteiger partial charge in [0.2, 0.25) is 15.9 Å². The second-order valence-corrected chi connectivity index (χ2v) is 10.3. The number of hydrogen-bond donors (Lipinski definition) is 0. The molecule has 8 nitrogen and oxygen atoms in total. The van der Waals surface area contributed by atoms with Crippen molar-refractivity contribution < 1.29 is 22.7 Å². The van der Waals surface area contributed by atoms with E-state index in [1.54, 1.807) is 16.4 Å². The number of fused-ring (bicyclic) bond motifs is 1. The van der Waals surface area contributed by atoms with Crippen LogP contribution in [-0.4, -0.2) is 89.5 Å². The van der Waals surface area contributed by atoms with Gasteiger partial charge in [0.1, 0.15) is 16.4 Å². The number of piperidine rings is 1. The lowest BCUT2D eigenvalue weighted by Gasteiger charge is -2.36. The van der Waals surface area contributed by atoms with Crippen molar-refractivity contribution in [1.29, 1.82) is 0 Å². The average molecular weight is 440 g/mol. The van der Waals surface area contributed by atoms with Crippen molar-refractivity contribution in [1.82, 2.24) is 14.1 Å². The maximum absolute atomic E-state index is 13.4. The molecule has 9 heteroatoms. The Labute approximate surface area is 179 Å². The Balaban J connectivity index is 1.76. The first-order valence-corrected chi connectivity index (χ1v) is 11.8. The molecular formula is C21H33N3O5S. The zero-order valence-electron chi connectivity index (χ0n) is 18.3. The highest BCUT2D eigenvalue weighted by Crippen LogP contribution is 2.37. The van der Waals surface area contributed by atoms with E-state index in [0.717, 1.165) is 13.0 Å². The Hall–Kier alpha value is -1.84. The molecular weight excluding hydrogens is 406 g/mol. The van der Waals surface area contributed by atoms with E-state index in [1.165, 1.54) is 20.3 Å². The average Bonchev–Trinajstić information content (AvgIpc) is 2.89. The van der Waals surface area contributed by atoms with Gasteiger partial charge in [0.05, 0.1) is 14.2 Å². The maximum atomic E-state index is 13.4. The highest BCUT2D eigenvalue weighted by Gasteiger charge is 2.39. The molecule has 2 aliphatic rings. The van der Waals surface area contributed by atoms with Crippen molar-refractivity contribution in [3.8, 4) is 11.5 Å². The predicted octanol–water partition coefficient (Wildman–Crippen LogP) is 1.51. The van der Waals surface area contributed by atoms with Crippen molar-refractivity contribution in [3.05, 3.63) is 18.2 Å². The van der Waals surface area contributed by atoms with Gasteiger partial charge in [-0.25, -0.2) is 8.42 Å². The van der Waals surface area contributed by atoms with Gasteiger partial charge >= 0.3 is 0 Å². The summed E-state index contributed by atoms with van der Waals surface area (Å²) < 4.78 is 38.9. The monoisotopic (exact) mass is 439 g/mol. The Morgan fingerprint density at radius 2 is 1.83 bits per heavy atom. The number of sulfonamides is 1. The summed E-state index contributed by atoms with van der Waals surface area (Å²) in [6.45, 7) is 3.08. The summed E-state index contributed by atoms with van der Waals surface area (Å²) in [5.41, 5.74) is 0. The quantitative estimate of drug-likeness (QED) is 0.641. The molecule has 2 heterocycles. The van der Waals surface area contributed by atoms with Gasteiger partial charge in [0, 0.05) is 45.2 Å². The van der Waals surface area contributed by atoms with Crippen LogP contribution in [0.3, 0.4) is 0 Å². The lowest BCUT2D eigenvalue weighted by Crippen LogP contribution is -2.43. The highest BCUT2D eigenvalue weighted by atomic mass is 32.2. The van der Waals surface area contributed by atoms with Gasteiger partial charge in [0.15, 0.2) is 0 Å². The van der Waals surface area contributed by atoms with Gasteiger partial charge in [-0.05, 0) is 50.9 Å². The van der Waals surface area contributed by atoms with Crippen molar-refractivity contribution in [2.75, 3.05) is 61.0 Å². The van der Waals surface area contributed by atoms with Crippen LogP contribution in [0.2, 0.25) is 0 Å². The third-order valence-corrected chi connectivity index (χ3v) is 8.11. The molecule has 0 N–H and O–H groups in total. The van der Waals surface area contributed by atoms with Crippen LogP contribution in [-0.2, 0) is 14.8 Å². The fraction of sp³-hybridized carbons (Fsp3) is 0.667. The van der Waals surface area contributed by atoms with Crippen LogP contribution >= 0.6 is 0 Å². The minimum absolute atomic E-state index is 0.125. The second-order valence-electron chi connectivity index (χ2n) is 8.37. The molecule has 1 aromatic rings. The summed E-state index contributed by atoms with van der Waals surface area (Å²) in [4.78, 5) is 16.8. The van der Waals surface area contributed by atoms with E-state index in [2.05, 4.69) is 4.90 Å². The summed E-state index contributed by atoms with van der Waals surface area (Å²) >= 11 is 0. The number of carbonyl (C=O) groups excluding carboxylic acids is 1. The number of ether oxygens (including phenoxy) is 2. The normalized spacial score (nSPS) is 23.2. The Kier molecular flexibility index (Phi) is 7.26. The van der Waals surface area contributed by atoms with Gasteiger partial charge in [-0.3, -0.25) is 4.79 Å². The van der Waals surface area contributed by atoms with Gasteiger partial charge in [-0.2, -0.15) is 4.31 Å². The van der Waals surface area contributed by atoms with Crippen LogP contribution in [0.5, 0.6) is 11.5 Å². The van der Waals surface area contributed by atoms with Crippen molar-refractivity contribution in [2.24, 2.45) is 11.8 Å².